The molecule has 0 spiro atoms. The van der Waals surface area contributed by atoms with Crippen LogP contribution in [0.5, 0.6) is 0 Å². The fraction of sp³-hybridized carbons (Fsp3) is 0.714. The Hall–Kier alpha value is -1.40. The van der Waals surface area contributed by atoms with Crippen LogP contribution in [-0.2, 0) is 16.1 Å². The van der Waals surface area contributed by atoms with Gasteiger partial charge in [-0.3, -0.25) is 0 Å². The predicted molar refractivity (Wildman–Crippen MR) is 79.1 cm³/mol. The molecule has 20 heavy (non-hydrogen) atoms. The smallest absolute Gasteiger partial charge is 0.158 e. The summed E-state index contributed by atoms with van der Waals surface area (Å²) in [5, 5.41) is 3.08. The summed E-state index contributed by atoms with van der Waals surface area (Å²) in [6, 6.07) is 1.97. The Kier molecular flexibility index (Phi) is 5.14. The Morgan fingerprint density at radius 1 is 1.35 bits per heavy atom. The first-order valence-electron chi connectivity index (χ1n) is 7.16. The number of hydrogen-bond acceptors (Lipinski definition) is 6. The van der Waals surface area contributed by atoms with Gasteiger partial charge in [0.15, 0.2) is 5.82 Å². The first-order valence-corrected chi connectivity index (χ1v) is 7.16. The lowest BCUT2D eigenvalue weighted by atomic mass is 10.2. The van der Waals surface area contributed by atoms with Crippen LogP contribution < -0.4 is 10.2 Å². The molecule has 1 aromatic rings. The van der Waals surface area contributed by atoms with Crippen molar-refractivity contribution >= 4 is 11.6 Å². The van der Waals surface area contributed by atoms with Crippen molar-refractivity contribution in [1.29, 1.82) is 0 Å². The highest BCUT2D eigenvalue weighted by Crippen LogP contribution is 2.21. The van der Waals surface area contributed by atoms with Crippen molar-refractivity contribution < 1.29 is 9.47 Å². The van der Waals surface area contributed by atoms with Crippen molar-refractivity contribution in [2.75, 3.05) is 37.0 Å². The molecule has 0 aliphatic carbocycles. The van der Waals surface area contributed by atoms with Crippen LogP contribution in [-0.4, -0.2) is 48.9 Å². The van der Waals surface area contributed by atoms with Gasteiger partial charge in [-0.25, -0.2) is 9.97 Å². The van der Waals surface area contributed by atoms with Gasteiger partial charge in [0.2, 0.25) is 0 Å². The lowest BCUT2D eigenvalue weighted by molar-refractivity contribution is -0.00549. The Morgan fingerprint density at radius 2 is 2.05 bits per heavy atom. The predicted octanol–water partition coefficient (Wildman–Crippen LogP) is 1.67. The van der Waals surface area contributed by atoms with Gasteiger partial charge in [0.1, 0.15) is 18.2 Å². The maximum Gasteiger partial charge on any atom is 0.158 e. The molecular weight excluding hydrogens is 256 g/mol. The Labute approximate surface area is 120 Å². The minimum atomic E-state index is 0.210. The zero-order valence-corrected chi connectivity index (χ0v) is 12.7. The van der Waals surface area contributed by atoms with Crippen LogP contribution in [0, 0.1) is 0 Å². The highest BCUT2D eigenvalue weighted by atomic mass is 16.5. The van der Waals surface area contributed by atoms with Gasteiger partial charge < -0.3 is 19.7 Å². The van der Waals surface area contributed by atoms with Gasteiger partial charge in [-0.2, -0.15) is 0 Å². The quantitative estimate of drug-likeness (QED) is 0.885. The summed E-state index contributed by atoms with van der Waals surface area (Å²) in [5.41, 5.74) is 0. The van der Waals surface area contributed by atoms with E-state index in [0.717, 1.165) is 24.7 Å². The van der Waals surface area contributed by atoms with Gasteiger partial charge in [0.05, 0.1) is 12.2 Å². The first kappa shape index (κ1) is 15.0. The van der Waals surface area contributed by atoms with Crippen molar-refractivity contribution in [2.45, 2.75) is 39.6 Å². The fourth-order valence-corrected chi connectivity index (χ4v) is 2.40. The average Bonchev–Trinajstić information content (AvgIpc) is 2.43. The number of ether oxygens (including phenoxy) is 2. The van der Waals surface area contributed by atoms with Gasteiger partial charge in [-0.1, -0.05) is 0 Å². The number of morpholine rings is 1. The molecule has 1 saturated heterocycles. The Bertz CT molecular complexity index is 431. The molecule has 6 heteroatoms. The van der Waals surface area contributed by atoms with E-state index < -0.39 is 0 Å². The van der Waals surface area contributed by atoms with E-state index in [9.17, 15) is 0 Å². The van der Waals surface area contributed by atoms with Gasteiger partial charge >= 0.3 is 0 Å². The van der Waals surface area contributed by atoms with Crippen LogP contribution in [0.15, 0.2) is 6.07 Å². The summed E-state index contributed by atoms with van der Waals surface area (Å²) in [6.07, 6.45) is 0.421. The summed E-state index contributed by atoms with van der Waals surface area (Å²) in [4.78, 5) is 11.3. The molecule has 1 fully saturated rings. The molecule has 0 saturated carbocycles. The molecule has 1 aliphatic heterocycles. The maximum atomic E-state index is 5.76. The largest absolute Gasteiger partial charge is 0.374 e. The molecule has 6 nitrogen and oxygen atoms in total. The van der Waals surface area contributed by atoms with Crippen LogP contribution >= 0.6 is 0 Å². The SMILES string of the molecule is CCOCc1nc(NC)cc(N2C[C@@H](C)O[C@@H](C)C2)n1. The molecule has 1 aromatic heterocycles. The molecule has 0 amide bonds. The van der Waals surface area contributed by atoms with Gasteiger partial charge in [-0.05, 0) is 20.8 Å². The molecule has 0 radical (unpaired) electrons. The van der Waals surface area contributed by atoms with Crippen LogP contribution in [0.3, 0.4) is 0 Å². The summed E-state index contributed by atoms with van der Waals surface area (Å²) in [5.74, 6) is 2.46. The highest BCUT2D eigenvalue weighted by Gasteiger charge is 2.23. The van der Waals surface area contributed by atoms with Crippen molar-refractivity contribution in [3.8, 4) is 0 Å². The average molecular weight is 280 g/mol. The molecule has 1 N–H and O–H groups in total. The summed E-state index contributed by atoms with van der Waals surface area (Å²) < 4.78 is 11.2. The van der Waals surface area contributed by atoms with Crippen LogP contribution in [0.25, 0.3) is 0 Å². The lowest BCUT2D eigenvalue weighted by Gasteiger charge is -2.36. The number of aromatic nitrogens is 2. The van der Waals surface area contributed by atoms with Gasteiger partial charge in [0.25, 0.3) is 0 Å². The van der Waals surface area contributed by atoms with Crippen molar-refractivity contribution in [3.63, 3.8) is 0 Å². The van der Waals surface area contributed by atoms with E-state index in [1.165, 1.54) is 0 Å². The number of nitrogens with zero attached hydrogens (tertiary/aromatic N) is 3. The van der Waals surface area contributed by atoms with Crippen LogP contribution in [0.2, 0.25) is 0 Å². The van der Waals surface area contributed by atoms with Crippen molar-refractivity contribution in [2.24, 2.45) is 0 Å². The molecule has 0 bridgehead atoms. The van der Waals surface area contributed by atoms with Crippen molar-refractivity contribution in [3.05, 3.63) is 11.9 Å². The summed E-state index contributed by atoms with van der Waals surface area (Å²) in [6.45, 7) is 8.93. The molecule has 2 atom stereocenters. The summed E-state index contributed by atoms with van der Waals surface area (Å²) >= 11 is 0. The highest BCUT2D eigenvalue weighted by molar-refractivity contribution is 5.49. The van der Waals surface area contributed by atoms with E-state index in [1.807, 2.05) is 20.0 Å². The Balaban J connectivity index is 2.20. The standard InChI is InChI=1S/C14H24N4O2/c1-5-19-9-13-16-12(15-4)6-14(17-13)18-7-10(2)20-11(3)8-18/h6,10-11H,5,7-9H2,1-4H3,(H,15,16,17)/t10-,11+. The van der Waals surface area contributed by atoms with E-state index in [1.54, 1.807) is 0 Å². The minimum absolute atomic E-state index is 0.210. The van der Waals surface area contributed by atoms with Crippen LogP contribution in [0.4, 0.5) is 11.6 Å². The molecule has 0 unspecified atom stereocenters. The van der Waals surface area contributed by atoms with E-state index in [2.05, 4.69) is 34.0 Å². The topological polar surface area (TPSA) is 59.5 Å². The number of hydrogen-bond donors (Lipinski definition) is 1. The minimum Gasteiger partial charge on any atom is -0.374 e. The van der Waals surface area contributed by atoms with E-state index in [4.69, 9.17) is 9.47 Å². The van der Waals surface area contributed by atoms with E-state index >= 15 is 0 Å². The van der Waals surface area contributed by atoms with E-state index in [0.29, 0.717) is 19.0 Å². The second-order valence-electron chi connectivity index (χ2n) is 5.08. The molecule has 2 heterocycles. The molecule has 1 aliphatic rings. The molecule has 112 valence electrons. The second-order valence-corrected chi connectivity index (χ2v) is 5.08. The fourth-order valence-electron chi connectivity index (χ4n) is 2.40. The number of nitrogens with one attached hydrogen (secondary N) is 1. The molecule has 2 rings (SSSR count). The zero-order chi connectivity index (χ0) is 14.5. The third-order valence-corrected chi connectivity index (χ3v) is 3.19. The third-order valence-electron chi connectivity index (χ3n) is 3.19. The zero-order valence-electron chi connectivity index (χ0n) is 12.7. The normalized spacial score (nSPS) is 22.9. The van der Waals surface area contributed by atoms with Gasteiger partial charge in [0, 0.05) is 32.8 Å². The maximum absolute atomic E-state index is 5.76. The van der Waals surface area contributed by atoms with Crippen LogP contribution in [0.1, 0.15) is 26.6 Å². The third kappa shape index (κ3) is 3.80. The molecule has 0 aromatic carbocycles. The first-order chi connectivity index (χ1) is 9.62. The monoisotopic (exact) mass is 280 g/mol. The number of anilines is 2. The van der Waals surface area contributed by atoms with Crippen molar-refractivity contribution in [1.82, 2.24) is 9.97 Å². The lowest BCUT2D eigenvalue weighted by Crippen LogP contribution is -2.46. The van der Waals surface area contributed by atoms with E-state index in [-0.39, 0.29) is 12.2 Å². The number of rotatable bonds is 5. The molecular formula is C14H24N4O2. The second kappa shape index (κ2) is 6.85. The Morgan fingerprint density at radius 3 is 2.65 bits per heavy atom. The van der Waals surface area contributed by atoms with Gasteiger partial charge in [-0.15, -0.1) is 0 Å². The summed E-state index contributed by atoms with van der Waals surface area (Å²) in [7, 11) is 1.86.